The Hall–Kier alpha value is 0.0600. The zero-order valence-electron chi connectivity index (χ0n) is 11.1. The van der Waals surface area contributed by atoms with Gasteiger partial charge in [-0.2, -0.15) is 0 Å². The predicted molar refractivity (Wildman–Crippen MR) is 82.1 cm³/mol. The van der Waals surface area contributed by atoms with Crippen molar-refractivity contribution in [3.05, 3.63) is 20.8 Å². The molecule has 0 saturated carbocycles. The van der Waals surface area contributed by atoms with Gasteiger partial charge in [0.15, 0.2) is 0 Å². The van der Waals surface area contributed by atoms with Crippen molar-refractivity contribution in [2.75, 3.05) is 33.2 Å². The quantitative estimate of drug-likeness (QED) is 0.920. The zero-order chi connectivity index (χ0) is 13.1. The molecule has 1 aliphatic rings. The maximum atomic E-state index is 6.02. The Morgan fingerprint density at radius 3 is 2.89 bits per heavy atom. The molecule has 0 radical (unpaired) electrons. The van der Waals surface area contributed by atoms with Crippen molar-refractivity contribution in [2.24, 2.45) is 5.73 Å². The molecule has 2 N–H and O–H groups in total. The van der Waals surface area contributed by atoms with Crippen LogP contribution in [0.5, 0.6) is 0 Å². The highest BCUT2D eigenvalue weighted by molar-refractivity contribution is 9.10. The van der Waals surface area contributed by atoms with Gasteiger partial charge >= 0.3 is 0 Å². The molecule has 2 heterocycles. The molecule has 5 heteroatoms. The Balaban J connectivity index is 2.12. The summed E-state index contributed by atoms with van der Waals surface area (Å²) in [5.74, 6) is 0. The van der Waals surface area contributed by atoms with Crippen molar-refractivity contribution in [1.82, 2.24) is 9.80 Å². The third kappa shape index (κ3) is 2.96. The number of hydrogen-bond donors (Lipinski definition) is 1. The summed E-state index contributed by atoms with van der Waals surface area (Å²) in [6, 6.07) is 3.14. The van der Waals surface area contributed by atoms with E-state index in [1.165, 1.54) is 15.8 Å². The Bertz CT molecular complexity index is 382. The average Bonchev–Trinajstić information content (AvgIpc) is 2.79. The summed E-state index contributed by atoms with van der Waals surface area (Å²) in [5.41, 5.74) is 6.02. The number of likely N-dealkylation sites (N-methyl/N-ethyl adjacent to an activating group) is 1. The van der Waals surface area contributed by atoms with E-state index in [9.17, 15) is 0 Å². The number of halogens is 1. The Kier molecular flexibility index (Phi) is 5.21. The van der Waals surface area contributed by atoms with Gasteiger partial charge < -0.3 is 10.6 Å². The second-order valence-electron chi connectivity index (χ2n) is 4.92. The molecule has 0 aromatic carbocycles. The first-order valence-electron chi connectivity index (χ1n) is 6.54. The SMILES string of the molecule is CCC1CN(C(CN)c2sccc2Br)CCN1C. The topological polar surface area (TPSA) is 32.5 Å². The van der Waals surface area contributed by atoms with Crippen molar-refractivity contribution in [3.8, 4) is 0 Å². The van der Waals surface area contributed by atoms with Crippen LogP contribution in [0.2, 0.25) is 0 Å². The minimum atomic E-state index is 0.363. The molecule has 1 fully saturated rings. The van der Waals surface area contributed by atoms with E-state index in [-0.39, 0.29) is 0 Å². The lowest BCUT2D eigenvalue weighted by atomic mass is 10.1. The first kappa shape index (κ1) is 14.5. The predicted octanol–water partition coefficient (Wildman–Crippen LogP) is 2.54. The van der Waals surface area contributed by atoms with Crippen molar-refractivity contribution in [2.45, 2.75) is 25.4 Å². The molecule has 1 aromatic heterocycles. The molecule has 102 valence electrons. The molecule has 18 heavy (non-hydrogen) atoms. The first-order valence-corrected chi connectivity index (χ1v) is 8.21. The van der Waals surface area contributed by atoms with Crippen LogP contribution in [0.1, 0.15) is 24.3 Å². The van der Waals surface area contributed by atoms with E-state index in [4.69, 9.17) is 5.73 Å². The van der Waals surface area contributed by atoms with Gasteiger partial charge in [-0.15, -0.1) is 11.3 Å². The lowest BCUT2D eigenvalue weighted by Crippen LogP contribution is -2.53. The maximum absolute atomic E-state index is 6.02. The minimum Gasteiger partial charge on any atom is -0.329 e. The van der Waals surface area contributed by atoms with Crippen molar-refractivity contribution in [1.29, 1.82) is 0 Å². The van der Waals surface area contributed by atoms with Crippen LogP contribution in [-0.4, -0.2) is 49.1 Å². The first-order chi connectivity index (χ1) is 8.67. The van der Waals surface area contributed by atoms with E-state index in [0.29, 0.717) is 18.6 Å². The van der Waals surface area contributed by atoms with E-state index in [1.807, 2.05) is 0 Å². The molecule has 1 aromatic rings. The highest BCUT2D eigenvalue weighted by atomic mass is 79.9. The van der Waals surface area contributed by atoms with Crippen LogP contribution in [0.25, 0.3) is 0 Å². The summed E-state index contributed by atoms with van der Waals surface area (Å²) in [5, 5.41) is 2.13. The van der Waals surface area contributed by atoms with Crippen molar-refractivity contribution >= 4 is 27.3 Å². The van der Waals surface area contributed by atoms with Crippen molar-refractivity contribution in [3.63, 3.8) is 0 Å². The molecular weight excluding hydrogens is 310 g/mol. The Morgan fingerprint density at radius 1 is 1.56 bits per heavy atom. The standard InChI is InChI=1S/C13H22BrN3S/c1-3-10-9-17(6-5-16(10)2)12(8-15)13-11(14)4-7-18-13/h4,7,10,12H,3,5-6,8-9,15H2,1-2H3. The van der Waals surface area contributed by atoms with Gasteiger partial charge in [-0.1, -0.05) is 6.92 Å². The average molecular weight is 332 g/mol. The Morgan fingerprint density at radius 2 is 2.33 bits per heavy atom. The number of rotatable bonds is 4. The smallest absolute Gasteiger partial charge is 0.0576 e. The molecule has 0 spiro atoms. The summed E-state index contributed by atoms with van der Waals surface area (Å²) in [7, 11) is 2.23. The number of thiophene rings is 1. The molecule has 2 rings (SSSR count). The van der Waals surface area contributed by atoms with Crippen LogP contribution >= 0.6 is 27.3 Å². The summed E-state index contributed by atoms with van der Waals surface area (Å²) >= 11 is 5.44. The summed E-state index contributed by atoms with van der Waals surface area (Å²) in [4.78, 5) is 6.38. The van der Waals surface area contributed by atoms with E-state index < -0.39 is 0 Å². The second kappa shape index (κ2) is 6.48. The van der Waals surface area contributed by atoms with Gasteiger partial charge in [0.25, 0.3) is 0 Å². The molecule has 0 amide bonds. The molecule has 3 nitrogen and oxygen atoms in total. The van der Waals surface area contributed by atoms with E-state index in [2.05, 4.69) is 51.1 Å². The molecule has 1 aliphatic heterocycles. The molecule has 2 atom stereocenters. The zero-order valence-corrected chi connectivity index (χ0v) is 13.5. The summed E-state index contributed by atoms with van der Waals surface area (Å²) in [6.45, 7) is 6.33. The second-order valence-corrected chi connectivity index (χ2v) is 6.72. The van der Waals surface area contributed by atoms with Crippen LogP contribution in [0.4, 0.5) is 0 Å². The van der Waals surface area contributed by atoms with Gasteiger partial charge in [-0.25, -0.2) is 0 Å². The fraction of sp³-hybridized carbons (Fsp3) is 0.692. The van der Waals surface area contributed by atoms with E-state index in [1.54, 1.807) is 11.3 Å². The molecule has 2 unspecified atom stereocenters. The van der Waals surface area contributed by atoms with E-state index >= 15 is 0 Å². The van der Waals surface area contributed by atoms with Crippen LogP contribution in [0, 0.1) is 0 Å². The fourth-order valence-corrected chi connectivity index (χ4v) is 4.44. The molecule has 0 aliphatic carbocycles. The molecular formula is C13H22BrN3S. The van der Waals surface area contributed by atoms with Crippen molar-refractivity contribution < 1.29 is 0 Å². The number of nitrogens with two attached hydrogens (primary N) is 1. The lowest BCUT2D eigenvalue weighted by Gasteiger charge is -2.42. The maximum Gasteiger partial charge on any atom is 0.0576 e. The third-order valence-corrected chi connectivity index (χ3v) is 5.86. The van der Waals surface area contributed by atoms with Crippen LogP contribution < -0.4 is 5.73 Å². The van der Waals surface area contributed by atoms with Gasteiger partial charge in [0.2, 0.25) is 0 Å². The number of hydrogen-bond acceptors (Lipinski definition) is 4. The highest BCUT2D eigenvalue weighted by Gasteiger charge is 2.29. The monoisotopic (exact) mass is 331 g/mol. The fourth-order valence-electron chi connectivity index (χ4n) is 2.66. The van der Waals surface area contributed by atoms with Gasteiger partial charge in [-0.3, -0.25) is 4.90 Å². The van der Waals surface area contributed by atoms with E-state index in [0.717, 1.165) is 19.6 Å². The largest absolute Gasteiger partial charge is 0.329 e. The summed E-state index contributed by atoms with van der Waals surface area (Å²) in [6.07, 6.45) is 1.20. The van der Waals surface area contributed by atoms with Crippen LogP contribution in [-0.2, 0) is 0 Å². The van der Waals surface area contributed by atoms with Gasteiger partial charge in [0.05, 0.1) is 6.04 Å². The summed E-state index contributed by atoms with van der Waals surface area (Å²) < 4.78 is 1.20. The molecule has 0 bridgehead atoms. The number of piperazine rings is 1. The van der Waals surface area contributed by atoms with Crippen LogP contribution in [0.15, 0.2) is 15.9 Å². The lowest BCUT2D eigenvalue weighted by molar-refractivity contribution is 0.0652. The van der Waals surface area contributed by atoms with Gasteiger partial charge in [0.1, 0.15) is 0 Å². The highest BCUT2D eigenvalue weighted by Crippen LogP contribution is 2.33. The number of nitrogens with zero attached hydrogens (tertiary/aromatic N) is 2. The molecule has 1 saturated heterocycles. The van der Waals surface area contributed by atoms with Gasteiger partial charge in [0, 0.05) is 41.6 Å². The minimum absolute atomic E-state index is 0.363. The third-order valence-electron chi connectivity index (χ3n) is 3.89. The van der Waals surface area contributed by atoms with Gasteiger partial charge in [-0.05, 0) is 40.8 Å². The van der Waals surface area contributed by atoms with Crippen LogP contribution in [0.3, 0.4) is 0 Å². The Labute approximate surface area is 122 Å². The normalized spacial score (nSPS) is 24.3.